The molecule has 1 saturated heterocycles. The molecule has 0 radical (unpaired) electrons. The molecule has 1 heterocycles. The average Bonchev–Trinajstić information content (AvgIpc) is 2.61. The van der Waals surface area contributed by atoms with E-state index in [1.807, 2.05) is 19.0 Å². The van der Waals surface area contributed by atoms with E-state index >= 15 is 0 Å². The van der Waals surface area contributed by atoms with Gasteiger partial charge < -0.3 is 15.0 Å². The second-order valence-corrected chi connectivity index (χ2v) is 4.26. The van der Waals surface area contributed by atoms with Crippen molar-refractivity contribution in [3.05, 3.63) is 0 Å². The number of hydrogen-bond acceptors (Lipinski definition) is 3. The Balaban J connectivity index is 2.35. The molecule has 1 aliphatic rings. The van der Waals surface area contributed by atoms with Crippen LogP contribution >= 0.6 is 11.6 Å². The Morgan fingerprint density at radius 2 is 2.33 bits per heavy atom. The van der Waals surface area contributed by atoms with Crippen LogP contribution in [0, 0.1) is 5.92 Å². The van der Waals surface area contributed by atoms with Gasteiger partial charge in [0.2, 0.25) is 0 Å². The highest BCUT2D eigenvalue weighted by molar-refractivity contribution is 6.29. The van der Waals surface area contributed by atoms with Crippen LogP contribution in [0.2, 0.25) is 0 Å². The van der Waals surface area contributed by atoms with Crippen LogP contribution in [-0.2, 0) is 9.53 Å². The molecule has 0 saturated carbocycles. The van der Waals surface area contributed by atoms with E-state index in [-0.39, 0.29) is 12.0 Å². The highest BCUT2D eigenvalue weighted by atomic mass is 35.5. The SMILES string of the molecule is CN(C)[C@@H]1COC[C@H]1CNC(=O)C(F)Cl. The molecule has 1 rings (SSSR count). The summed E-state index contributed by atoms with van der Waals surface area (Å²) in [5, 5.41) is 2.46. The maximum absolute atomic E-state index is 12.3. The fourth-order valence-electron chi connectivity index (χ4n) is 1.66. The number of carbonyl (C=O) groups is 1. The molecule has 88 valence electrons. The smallest absolute Gasteiger partial charge is 0.270 e. The van der Waals surface area contributed by atoms with Crippen molar-refractivity contribution in [3.8, 4) is 0 Å². The Hall–Kier alpha value is -0.390. The fraction of sp³-hybridized carbons (Fsp3) is 0.889. The van der Waals surface area contributed by atoms with Gasteiger partial charge in [0.15, 0.2) is 0 Å². The van der Waals surface area contributed by atoms with Gasteiger partial charge in [0, 0.05) is 18.5 Å². The molecule has 0 spiro atoms. The van der Waals surface area contributed by atoms with Crippen LogP contribution in [0.4, 0.5) is 4.39 Å². The minimum atomic E-state index is -1.97. The van der Waals surface area contributed by atoms with Crippen LogP contribution in [0.3, 0.4) is 0 Å². The molecule has 0 bridgehead atoms. The third kappa shape index (κ3) is 3.59. The lowest BCUT2D eigenvalue weighted by molar-refractivity contribution is -0.123. The van der Waals surface area contributed by atoms with Gasteiger partial charge in [0.1, 0.15) is 0 Å². The lowest BCUT2D eigenvalue weighted by atomic mass is 10.0. The van der Waals surface area contributed by atoms with Gasteiger partial charge in [0.25, 0.3) is 11.5 Å². The molecule has 15 heavy (non-hydrogen) atoms. The van der Waals surface area contributed by atoms with Crippen molar-refractivity contribution in [1.82, 2.24) is 10.2 Å². The largest absolute Gasteiger partial charge is 0.379 e. The molecule has 1 unspecified atom stereocenters. The molecule has 0 aromatic rings. The van der Waals surface area contributed by atoms with E-state index in [1.54, 1.807) is 0 Å². The number of nitrogens with zero attached hydrogens (tertiary/aromatic N) is 1. The van der Waals surface area contributed by atoms with Gasteiger partial charge in [-0.1, -0.05) is 11.6 Å². The molecule has 1 fully saturated rings. The Bertz CT molecular complexity index is 226. The Morgan fingerprint density at radius 3 is 2.87 bits per heavy atom. The lowest BCUT2D eigenvalue weighted by Crippen LogP contribution is -2.42. The Morgan fingerprint density at radius 1 is 1.67 bits per heavy atom. The molecular formula is C9H16ClFN2O2. The third-order valence-electron chi connectivity index (χ3n) is 2.56. The van der Waals surface area contributed by atoms with Gasteiger partial charge >= 0.3 is 0 Å². The molecule has 0 aromatic carbocycles. The van der Waals surface area contributed by atoms with Crippen molar-refractivity contribution in [2.75, 3.05) is 33.9 Å². The third-order valence-corrected chi connectivity index (χ3v) is 2.76. The Kier molecular flexibility index (Phi) is 4.76. The molecule has 1 amide bonds. The van der Waals surface area contributed by atoms with Gasteiger partial charge in [0.05, 0.1) is 13.2 Å². The first-order valence-electron chi connectivity index (χ1n) is 4.82. The number of likely N-dealkylation sites (N-methyl/N-ethyl adjacent to an activating group) is 1. The van der Waals surface area contributed by atoms with Crippen molar-refractivity contribution < 1.29 is 13.9 Å². The van der Waals surface area contributed by atoms with Crippen LogP contribution in [0.15, 0.2) is 0 Å². The normalized spacial score (nSPS) is 28.1. The molecular weight excluding hydrogens is 223 g/mol. The highest BCUT2D eigenvalue weighted by Gasteiger charge is 2.30. The molecule has 3 atom stereocenters. The van der Waals surface area contributed by atoms with Gasteiger partial charge in [-0.05, 0) is 14.1 Å². The quantitative estimate of drug-likeness (QED) is 0.713. The summed E-state index contributed by atoms with van der Waals surface area (Å²) >= 11 is 4.99. The standard InChI is InChI=1S/C9H16ClFN2O2/c1-13(2)7-5-15-4-6(7)3-12-9(14)8(10)11/h6-8H,3-5H2,1-2H3,(H,12,14)/t6-,7-,8?/m1/s1. The van der Waals surface area contributed by atoms with E-state index in [9.17, 15) is 9.18 Å². The van der Waals surface area contributed by atoms with Crippen molar-refractivity contribution in [2.45, 2.75) is 11.7 Å². The zero-order chi connectivity index (χ0) is 11.4. The topological polar surface area (TPSA) is 41.6 Å². The number of carbonyl (C=O) groups excluding carboxylic acids is 1. The zero-order valence-electron chi connectivity index (χ0n) is 8.87. The summed E-state index contributed by atoms with van der Waals surface area (Å²) in [4.78, 5) is 12.9. The van der Waals surface area contributed by atoms with E-state index in [0.717, 1.165) is 0 Å². The number of hydrogen-bond donors (Lipinski definition) is 1. The van der Waals surface area contributed by atoms with E-state index in [2.05, 4.69) is 5.32 Å². The number of rotatable bonds is 4. The van der Waals surface area contributed by atoms with E-state index < -0.39 is 11.5 Å². The summed E-state index contributed by atoms with van der Waals surface area (Å²) in [7, 11) is 3.90. The van der Waals surface area contributed by atoms with Crippen molar-refractivity contribution in [1.29, 1.82) is 0 Å². The van der Waals surface area contributed by atoms with Crippen molar-refractivity contribution in [3.63, 3.8) is 0 Å². The minimum absolute atomic E-state index is 0.194. The molecule has 0 aliphatic carbocycles. The monoisotopic (exact) mass is 238 g/mol. The summed E-state index contributed by atoms with van der Waals surface area (Å²) < 4.78 is 17.6. The van der Waals surface area contributed by atoms with E-state index in [1.165, 1.54) is 0 Å². The summed E-state index contributed by atoms with van der Waals surface area (Å²) in [5.41, 5.74) is -1.97. The van der Waals surface area contributed by atoms with Crippen LogP contribution in [0.1, 0.15) is 0 Å². The van der Waals surface area contributed by atoms with Gasteiger partial charge in [-0.25, -0.2) is 4.39 Å². The summed E-state index contributed by atoms with van der Waals surface area (Å²) in [5.74, 6) is -0.583. The second kappa shape index (κ2) is 5.63. The zero-order valence-corrected chi connectivity index (χ0v) is 9.63. The molecule has 4 nitrogen and oxygen atoms in total. The molecule has 1 aliphatic heterocycles. The minimum Gasteiger partial charge on any atom is -0.379 e. The van der Waals surface area contributed by atoms with E-state index in [0.29, 0.717) is 19.8 Å². The predicted octanol–water partition coefficient (Wildman–Crippen LogP) is 0.214. The number of halogens is 2. The number of alkyl halides is 2. The molecule has 0 aromatic heterocycles. The predicted molar refractivity (Wildman–Crippen MR) is 55.5 cm³/mol. The van der Waals surface area contributed by atoms with Crippen molar-refractivity contribution >= 4 is 17.5 Å². The average molecular weight is 239 g/mol. The van der Waals surface area contributed by atoms with E-state index in [4.69, 9.17) is 16.3 Å². The first-order valence-corrected chi connectivity index (χ1v) is 5.26. The van der Waals surface area contributed by atoms with Crippen molar-refractivity contribution in [2.24, 2.45) is 5.92 Å². The fourth-order valence-corrected chi connectivity index (χ4v) is 1.74. The first kappa shape index (κ1) is 12.7. The van der Waals surface area contributed by atoms with Crippen LogP contribution in [0.25, 0.3) is 0 Å². The Labute approximate surface area is 93.7 Å². The van der Waals surface area contributed by atoms with Crippen LogP contribution < -0.4 is 5.32 Å². The number of nitrogens with one attached hydrogen (secondary N) is 1. The number of ether oxygens (including phenoxy) is 1. The van der Waals surface area contributed by atoms with Gasteiger partial charge in [-0.2, -0.15) is 0 Å². The lowest BCUT2D eigenvalue weighted by Gasteiger charge is -2.24. The maximum Gasteiger partial charge on any atom is 0.270 e. The highest BCUT2D eigenvalue weighted by Crippen LogP contribution is 2.16. The van der Waals surface area contributed by atoms with Crippen LogP contribution in [-0.4, -0.2) is 56.3 Å². The van der Waals surface area contributed by atoms with Gasteiger partial charge in [-0.15, -0.1) is 0 Å². The van der Waals surface area contributed by atoms with Crippen LogP contribution in [0.5, 0.6) is 0 Å². The second-order valence-electron chi connectivity index (χ2n) is 3.87. The number of amides is 1. The summed E-state index contributed by atoms with van der Waals surface area (Å²) in [6.45, 7) is 1.63. The molecule has 1 N–H and O–H groups in total. The van der Waals surface area contributed by atoms with Gasteiger partial charge in [-0.3, -0.25) is 4.79 Å². The molecule has 6 heteroatoms. The summed E-state index contributed by atoms with van der Waals surface area (Å²) in [6.07, 6.45) is 0. The maximum atomic E-state index is 12.3. The summed E-state index contributed by atoms with van der Waals surface area (Å²) in [6, 6.07) is 0.263. The first-order chi connectivity index (χ1) is 7.02.